The van der Waals surface area contributed by atoms with Crippen LogP contribution in [0.25, 0.3) is 0 Å². The van der Waals surface area contributed by atoms with Gasteiger partial charge < -0.3 is 20.1 Å². The molecule has 0 saturated carbocycles. The average molecular weight is 396 g/mol. The van der Waals surface area contributed by atoms with Crippen LogP contribution >= 0.6 is 0 Å². The molecule has 0 spiro atoms. The van der Waals surface area contributed by atoms with Crippen molar-refractivity contribution in [3.63, 3.8) is 0 Å². The number of ether oxygens (including phenoxy) is 2. The van der Waals surface area contributed by atoms with E-state index in [1.807, 2.05) is 30.3 Å². The molecule has 2 aromatic rings. The molecule has 1 saturated heterocycles. The Balaban J connectivity index is 1.78. The van der Waals surface area contributed by atoms with E-state index in [4.69, 9.17) is 15.2 Å². The fraction of sp³-hybridized carbons (Fsp3) is 0.318. The van der Waals surface area contributed by atoms with Gasteiger partial charge in [-0.2, -0.15) is 0 Å². The summed E-state index contributed by atoms with van der Waals surface area (Å²) in [6, 6.07) is 15.8. The molecule has 2 atom stereocenters. The van der Waals surface area contributed by atoms with Gasteiger partial charge in [0.15, 0.2) is 0 Å². The van der Waals surface area contributed by atoms with Crippen LogP contribution in [0.1, 0.15) is 40.4 Å². The molecule has 0 bridgehead atoms. The molecule has 0 aromatic heterocycles. The molecule has 0 aliphatic carbocycles. The van der Waals surface area contributed by atoms with Crippen molar-refractivity contribution in [1.29, 1.82) is 0 Å². The van der Waals surface area contributed by atoms with Crippen molar-refractivity contribution in [3.8, 4) is 0 Å². The molecule has 29 heavy (non-hydrogen) atoms. The van der Waals surface area contributed by atoms with E-state index in [-0.39, 0.29) is 24.5 Å². The highest BCUT2D eigenvalue weighted by atomic mass is 16.6. The Morgan fingerprint density at radius 2 is 1.76 bits per heavy atom. The van der Waals surface area contributed by atoms with Crippen LogP contribution in [0.2, 0.25) is 0 Å². The Morgan fingerprint density at radius 3 is 2.38 bits per heavy atom. The molecule has 1 aliphatic heterocycles. The summed E-state index contributed by atoms with van der Waals surface area (Å²) in [7, 11) is 1.36. The van der Waals surface area contributed by atoms with Crippen LogP contribution in [0.4, 0.5) is 4.79 Å². The smallest absolute Gasteiger partial charge is 0.410 e. The number of benzene rings is 2. The number of nitrogens with two attached hydrogens (primary N) is 1. The number of hydrogen-bond acceptors (Lipinski definition) is 5. The molecule has 1 aliphatic rings. The topological polar surface area (TPSA) is 98.9 Å². The molecule has 1 heterocycles. The second-order valence-corrected chi connectivity index (χ2v) is 6.98. The summed E-state index contributed by atoms with van der Waals surface area (Å²) in [5.41, 5.74) is 7.39. The molecule has 0 radical (unpaired) electrons. The summed E-state index contributed by atoms with van der Waals surface area (Å²) in [5.74, 6) is -1.12. The van der Waals surface area contributed by atoms with Crippen molar-refractivity contribution in [2.24, 2.45) is 11.7 Å². The number of carbonyl (C=O) groups excluding carboxylic acids is 3. The summed E-state index contributed by atoms with van der Waals surface area (Å²) < 4.78 is 10.4. The number of carbonyl (C=O) groups is 3. The summed E-state index contributed by atoms with van der Waals surface area (Å²) in [4.78, 5) is 37.8. The zero-order valence-corrected chi connectivity index (χ0v) is 16.2. The van der Waals surface area contributed by atoms with Gasteiger partial charge in [0.1, 0.15) is 6.61 Å². The van der Waals surface area contributed by atoms with E-state index < -0.39 is 12.0 Å². The Hall–Kier alpha value is -3.35. The fourth-order valence-corrected chi connectivity index (χ4v) is 3.55. The molecular formula is C22H24N2O5. The summed E-state index contributed by atoms with van der Waals surface area (Å²) in [6.45, 7) is 0.541. The van der Waals surface area contributed by atoms with Crippen molar-refractivity contribution >= 4 is 18.0 Å². The zero-order valence-electron chi connectivity index (χ0n) is 16.2. The number of hydrogen-bond donors (Lipinski definition) is 1. The van der Waals surface area contributed by atoms with Crippen LogP contribution in [0.5, 0.6) is 0 Å². The third-order valence-corrected chi connectivity index (χ3v) is 5.16. The predicted octanol–water partition coefficient (Wildman–Crippen LogP) is 3.05. The maximum Gasteiger partial charge on any atom is 0.410 e. The summed E-state index contributed by atoms with van der Waals surface area (Å²) in [5, 5.41) is 0. The van der Waals surface area contributed by atoms with Gasteiger partial charge in [0.05, 0.1) is 19.1 Å². The largest absolute Gasteiger partial charge is 0.469 e. The Morgan fingerprint density at radius 1 is 1.07 bits per heavy atom. The molecule has 2 amide bonds. The van der Waals surface area contributed by atoms with Gasteiger partial charge in [0, 0.05) is 12.1 Å². The van der Waals surface area contributed by atoms with E-state index in [0.717, 1.165) is 11.1 Å². The number of piperidine rings is 1. The molecular weight excluding hydrogens is 372 g/mol. The lowest BCUT2D eigenvalue weighted by Gasteiger charge is -2.38. The normalized spacial score (nSPS) is 18.7. The van der Waals surface area contributed by atoms with Crippen molar-refractivity contribution in [1.82, 2.24) is 4.90 Å². The maximum absolute atomic E-state index is 12.8. The van der Waals surface area contributed by atoms with E-state index in [2.05, 4.69) is 0 Å². The van der Waals surface area contributed by atoms with Crippen LogP contribution in [0.3, 0.4) is 0 Å². The van der Waals surface area contributed by atoms with E-state index in [1.165, 1.54) is 7.11 Å². The molecule has 7 nitrogen and oxygen atoms in total. The number of nitrogens with zero attached hydrogens (tertiary/aromatic N) is 1. The molecule has 1 fully saturated rings. The second kappa shape index (κ2) is 9.23. The maximum atomic E-state index is 12.8. The number of amides is 2. The first-order valence-corrected chi connectivity index (χ1v) is 9.44. The number of rotatable bonds is 5. The lowest BCUT2D eigenvalue weighted by atomic mass is 9.87. The average Bonchev–Trinajstić information content (AvgIpc) is 2.77. The first kappa shape index (κ1) is 20.4. The second-order valence-electron chi connectivity index (χ2n) is 6.98. The molecule has 2 N–H and O–H groups in total. The van der Waals surface area contributed by atoms with E-state index in [1.54, 1.807) is 29.2 Å². The molecule has 152 valence electrons. The van der Waals surface area contributed by atoms with Gasteiger partial charge in [-0.1, -0.05) is 42.5 Å². The molecule has 3 rings (SSSR count). The van der Waals surface area contributed by atoms with E-state index >= 15 is 0 Å². The SMILES string of the molecule is COC(=O)C1CCN(C(=O)OCc2ccccc2)C(c2ccc(C(N)=O)cc2)C1. The van der Waals surface area contributed by atoms with Crippen LogP contribution < -0.4 is 5.73 Å². The van der Waals surface area contributed by atoms with Gasteiger partial charge in [-0.25, -0.2) is 4.79 Å². The van der Waals surface area contributed by atoms with Crippen molar-refractivity contribution < 1.29 is 23.9 Å². The van der Waals surface area contributed by atoms with Gasteiger partial charge in [0.25, 0.3) is 0 Å². The number of methoxy groups -OCH3 is 1. The number of likely N-dealkylation sites (tertiary alicyclic amines) is 1. The van der Waals surface area contributed by atoms with E-state index in [9.17, 15) is 14.4 Å². The summed E-state index contributed by atoms with van der Waals surface area (Å²) >= 11 is 0. The minimum atomic E-state index is -0.522. The van der Waals surface area contributed by atoms with Crippen LogP contribution in [0.15, 0.2) is 54.6 Å². The van der Waals surface area contributed by atoms with Crippen molar-refractivity contribution in [3.05, 3.63) is 71.3 Å². The van der Waals surface area contributed by atoms with E-state index in [0.29, 0.717) is 24.9 Å². The van der Waals surface area contributed by atoms with Gasteiger partial charge in [-0.3, -0.25) is 9.59 Å². The Kier molecular flexibility index (Phi) is 6.49. The lowest BCUT2D eigenvalue weighted by molar-refractivity contribution is -0.147. The predicted molar refractivity (Wildman–Crippen MR) is 106 cm³/mol. The minimum absolute atomic E-state index is 0.171. The van der Waals surface area contributed by atoms with Crippen LogP contribution in [0, 0.1) is 5.92 Å². The minimum Gasteiger partial charge on any atom is -0.469 e. The first-order chi connectivity index (χ1) is 14.0. The van der Waals surface area contributed by atoms with Gasteiger partial charge >= 0.3 is 12.1 Å². The monoisotopic (exact) mass is 396 g/mol. The Bertz CT molecular complexity index is 867. The lowest BCUT2D eigenvalue weighted by Crippen LogP contribution is -2.43. The van der Waals surface area contributed by atoms with Crippen molar-refractivity contribution in [2.45, 2.75) is 25.5 Å². The highest BCUT2D eigenvalue weighted by Crippen LogP contribution is 2.35. The molecule has 2 aromatic carbocycles. The van der Waals surface area contributed by atoms with Crippen molar-refractivity contribution in [2.75, 3.05) is 13.7 Å². The number of primary amides is 1. The Labute approximate surface area is 169 Å². The van der Waals surface area contributed by atoms with Crippen LogP contribution in [-0.2, 0) is 20.9 Å². The standard InChI is InChI=1S/C22H24N2O5/c1-28-21(26)18-11-12-24(22(27)29-14-15-5-3-2-4-6-15)19(13-18)16-7-9-17(10-8-16)20(23)25/h2-10,18-19H,11-14H2,1H3,(H2,23,25). The van der Waals surface area contributed by atoms with Gasteiger partial charge in [-0.15, -0.1) is 0 Å². The number of esters is 1. The third-order valence-electron chi connectivity index (χ3n) is 5.16. The highest BCUT2D eigenvalue weighted by molar-refractivity contribution is 5.92. The van der Waals surface area contributed by atoms with Gasteiger partial charge in [-0.05, 0) is 36.1 Å². The molecule has 7 heteroatoms. The highest BCUT2D eigenvalue weighted by Gasteiger charge is 2.37. The first-order valence-electron chi connectivity index (χ1n) is 9.44. The third kappa shape index (κ3) is 4.93. The van der Waals surface area contributed by atoms with Crippen LogP contribution in [-0.4, -0.2) is 36.5 Å². The van der Waals surface area contributed by atoms with Gasteiger partial charge in [0.2, 0.25) is 5.91 Å². The fourth-order valence-electron chi connectivity index (χ4n) is 3.55. The zero-order chi connectivity index (χ0) is 20.8. The molecule has 2 unspecified atom stereocenters. The summed E-state index contributed by atoms with van der Waals surface area (Å²) in [6.07, 6.45) is 0.479. The quantitative estimate of drug-likeness (QED) is 0.783.